The topological polar surface area (TPSA) is 77.0 Å². The predicted molar refractivity (Wildman–Crippen MR) is 123 cm³/mol. The lowest BCUT2D eigenvalue weighted by Gasteiger charge is -2.11. The van der Waals surface area contributed by atoms with Crippen molar-refractivity contribution >= 4 is 34.0 Å². The Hall–Kier alpha value is -3.52. The van der Waals surface area contributed by atoms with E-state index in [1.165, 1.54) is 30.5 Å². The Kier molecular flexibility index (Phi) is 8.10. The van der Waals surface area contributed by atoms with E-state index in [0.29, 0.717) is 17.9 Å². The summed E-state index contributed by atoms with van der Waals surface area (Å²) in [5.74, 6) is -0.763. The van der Waals surface area contributed by atoms with E-state index in [2.05, 4.69) is 26.5 Å². The van der Waals surface area contributed by atoms with Crippen molar-refractivity contribution in [1.29, 1.82) is 0 Å². The van der Waals surface area contributed by atoms with Gasteiger partial charge in [0.05, 0.1) is 24.8 Å². The number of benzene rings is 3. The lowest BCUT2D eigenvalue weighted by atomic mass is 10.1. The molecule has 0 aliphatic heterocycles. The maximum Gasteiger partial charge on any atom is 0.343 e. The quantitative estimate of drug-likeness (QED) is 0.207. The Morgan fingerprint density at radius 2 is 1.75 bits per heavy atom. The highest BCUT2D eigenvalue weighted by atomic mass is 79.9. The average molecular weight is 499 g/mol. The smallest absolute Gasteiger partial charge is 0.343 e. The minimum atomic E-state index is -0.632. The van der Waals surface area contributed by atoms with Crippen LogP contribution in [0.15, 0.2) is 76.3 Å². The van der Waals surface area contributed by atoms with Crippen molar-refractivity contribution in [1.82, 2.24) is 5.43 Å². The molecule has 0 saturated heterocycles. The van der Waals surface area contributed by atoms with Crippen LogP contribution in [0.1, 0.15) is 28.4 Å². The Morgan fingerprint density at radius 1 is 1.03 bits per heavy atom. The van der Waals surface area contributed by atoms with Gasteiger partial charge in [0.15, 0.2) is 11.5 Å². The zero-order chi connectivity index (χ0) is 22.9. The van der Waals surface area contributed by atoms with Gasteiger partial charge in [-0.3, -0.25) is 4.79 Å². The van der Waals surface area contributed by atoms with Crippen molar-refractivity contribution in [2.45, 2.75) is 13.3 Å². The van der Waals surface area contributed by atoms with Gasteiger partial charge in [-0.2, -0.15) is 5.10 Å². The van der Waals surface area contributed by atoms with Gasteiger partial charge < -0.3 is 9.47 Å². The lowest BCUT2D eigenvalue weighted by Crippen LogP contribution is -2.19. The molecule has 0 aliphatic carbocycles. The first kappa shape index (κ1) is 23.1. The molecular weight excluding hydrogens is 479 g/mol. The average Bonchev–Trinajstić information content (AvgIpc) is 2.77. The number of carbonyl (C=O) groups excluding carboxylic acids is 2. The third-order valence-electron chi connectivity index (χ3n) is 4.23. The van der Waals surface area contributed by atoms with Crippen molar-refractivity contribution in [2.24, 2.45) is 5.10 Å². The van der Waals surface area contributed by atoms with Gasteiger partial charge in [-0.15, -0.1) is 0 Å². The van der Waals surface area contributed by atoms with E-state index >= 15 is 0 Å². The SMILES string of the molecule is CCOc1cc(/C=N\NC(=O)Cc2ccc(Br)cc2)ccc1OC(=O)c1ccc(F)cc1. The van der Waals surface area contributed by atoms with E-state index < -0.39 is 11.8 Å². The molecule has 0 heterocycles. The van der Waals surface area contributed by atoms with E-state index in [9.17, 15) is 14.0 Å². The van der Waals surface area contributed by atoms with Crippen molar-refractivity contribution < 1.29 is 23.5 Å². The van der Waals surface area contributed by atoms with E-state index in [1.807, 2.05) is 24.3 Å². The predicted octanol–water partition coefficient (Wildman–Crippen LogP) is 4.90. The van der Waals surface area contributed by atoms with Crippen LogP contribution in [0.2, 0.25) is 0 Å². The summed E-state index contributed by atoms with van der Waals surface area (Å²) in [6, 6.07) is 17.4. The van der Waals surface area contributed by atoms with Gasteiger partial charge in [0, 0.05) is 4.47 Å². The highest BCUT2D eigenvalue weighted by Gasteiger charge is 2.13. The summed E-state index contributed by atoms with van der Waals surface area (Å²) in [6.45, 7) is 2.15. The third-order valence-corrected chi connectivity index (χ3v) is 4.76. The molecule has 0 atom stereocenters. The molecule has 32 heavy (non-hydrogen) atoms. The van der Waals surface area contributed by atoms with E-state index in [0.717, 1.165) is 10.0 Å². The van der Waals surface area contributed by atoms with E-state index in [1.54, 1.807) is 25.1 Å². The van der Waals surface area contributed by atoms with Gasteiger partial charge in [0.25, 0.3) is 0 Å². The monoisotopic (exact) mass is 498 g/mol. The highest BCUT2D eigenvalue weighted by Crippen LogP contribution is 2.29. The molecule has 1 N–H and O–H groups in total. The number of hydrogen-bond donors (Lipinski definition) is 1. The third kappa shape index (κ3) is 6.75. The van der Waals surface area contributed by atoms with Crippen LogP contribution in [-0.4, -0.2) is 24.7 Å². The van der Waals surface area contributed by atoms with Gasteiger partial charge >= 0.3 is 5.97 Å². The van der Waals surface area contributed by atoms with Crippen LogP contribution >= 0.6 is 15.9 Å². The summed E-state index contributed by atoms with van der Waals surface area (Å²) in [4.78, 5) is 24.4. The fourth-order valence-corrected chi connectivity index (χ4v) is 2.97. The maximum absolute atomic E-state index is 13.0. The van der Waals surface area contributed by atoms with Crippen LogP contribution in [0.4, 0.5) is 4.39 Å². The van der Waals surface area contributed by atoms with E-state index in [-0.39, 0.29) is 23.6 Å². The molecule has 164 valence electrons. The van der Waals surface area contributed by atoms with Crippen LogP contribution in [0.3, 0.4) is 0 Å². The van der Waals surface area contributed by atoms with Crippen molar-refractivity contribution in [2.75, 3.05) is 6.61 Å². The molecule has 3 aromatic carbocycles. The minimum Gasteiger partial charge on any atom is -0.490 e. The second-order valence-corrected chi connectivity index (χ2v) is 7.55. The number of rotatable bonds is 8. The largest absolute Gasteiger partial charge is 0.490 e. The number of hydrogen-bond acceptors (Lipinski definition) is 5. The van der Waals surface area contributed by atoms with Gasteiger partial charge in [-0.05, 0) is 72.6 Å². The number of esters is 1. The maximum atomic E-state index is 13.0. The number of nitrogens with one attached hydrogen (secondary N) is 1. The summed E-state index contributed by atoms with van der Waals surface area (Å²) in [6.07, 6.45) is 1.67. The summed E-state index contributed by atoms with van der Waals surface area (Å²) in [5.41, 5.74) is 4.20. The first-order chi connectivity index (χ1) is 15.4. The molecule has 0 aliphatic rings. The van der Waals surface area contributed by atoms with Crippen LogP contribution in [0, 0.1) is 5.82 Å². The highest BCUT2D eigenvalue weighted by molar-refractivity contribution is 9.10. The molecule has 1 amide bonds. The Balaban J connectivity index is 1.64. The molecular formula is C24H20BrFN2O4. The molecule has 6 nitrogen and oxygen atoms in total. The summed E-state index contributed by atoms with van der Waals surface area (Å²) >= 11 is 3.35. The van der Waals surface area contributed by atoms with Crippen LogP contribution < -0.4 is 14.9 Å². The van der Waals surface area contributed by atoms with Crippen LogP contribution in [0.25, 0.3) is 0 Å². The number of hydrazone groups is 1. The van der Waals surface area contributed by atoms with E-state index in [4.69, 9.17) is 9.47 Å². The van der Waals surface area contributed by atoms with Crippen molar-refractivity contribution in [3.63, 3.8) is 0 Å². The second kappa shape index (κ2) is 11.2. The minimum absolute atomic E-state index is 0.201. The standard InChI is InChI=1S/C24H20BrFN2O4/c1-2-31-22-13-17(15-27-28-23(29)14-16-3-8-19(25)9-4-16)5-12-21(22)32-24(30)18-6-10-20(26)11-7-18/h3-13,15H,2,14H2,1H3,(H,28,29)/b27-15-. The van der Waals surface area contributed by atoms with Gasteiger partial charge in [0.2, 0.25) is 5.91 Å². The second-order valence-electron chi connectivity index (χ2n) is 6.63. The molecule has 0 saturated carbocycles. The van der Waals surface area contributed by atoms with Crippen molar-refractivity contribution in [3.05, 3.63) is 93.7 Å². The number of amides is 1. The number of carbonyl (C=O) groups is 2. The van der Waals surface area contributed by atoms with Crippen LogP contribution in [-0.2, 0) is 11.2 Å². The first-order valence-corrected chi connectivity index (χ1v) is 10.5. The zero-order valence-electron chi connectivity index (χ0n) is 17.2. The molecule has 0 radical (unpaired) electrons. The number of nitrogens with zero attached hydrogens (tertiary/aromatic N) is 1. The number of ether oxygens (including phenoxy) is 2. The Labute approximate surface area is 193 Å². The Morgan fingerprint density at radius 3 is 2.44 bits per heavy atom. The van der Waals surface area contributed by atoms with Crippen molar-refractivity contribution in [3.8, 4) is 11.5 Å². The molecule has 0 unspecified atom stereocenters. The first-order valence-electron chi connectivity index (χ1n) is 9.75. The molecule has 0 fully saturated rings. The molecule has 0 aromatic heterocycles. The normalized spacial score (nSPS) is 10.7. The fourth-order valence-electron chi connectivity index (χ4n) is 2.71. The molecule has 8 heteroatoms. The Bertz CT molecular complexity index is 1120. The summed E-state index contributed by atoms with van der Waals surface area (Å²) in [5, 5.41) is 3.97. The summed E-state index contributed by atoms with van der Waals surface area (Å²) < 4.78 is 24.9. The van der Waals surface area contributed by atoms with Gasteiger partial charge in [-0.25, -0.2) is 14.6 Å². The summed E-state index contributed by atoms with van der Waals surface area (Å²) in [7, 11) is 0. The zero-order valence-corrected chi connectivity index (χ0v) is 18.8. The molecule has 3 rings (SSSR count). The molecule has 3 aromatic rings. The fraction of sp³-hybridized carbons (Fsp3) is 0.125. The molecule has 0 bridgehead atoms. The van der Waals surface area contributed by atoms with Crippen LogP contribution in [0.5, 0.6) is 11.5 Å². The van der Waals surface area contributed by atoms with Gasteiger partial charge in [0.1, 0.15) is 5.82 Å². The van der Waals surface area contributed by atoms with Gasteiger partial charge in [-0.1, -0.05) is 28.1 Å². The number of halogens is 2. The molecule has 0 spiro atoms. The lowest BCUT2D eigenvalue weighted by molar-refractivity contribution is -0.120.